The monoisotopic (exact) mass is 539 g/mol. The van der Waals surface area contributed by atoms with Crippen LogP contribution in [0.25, 0.3) is 5.76 Å². The van der Waals surface area contributed by atoms with Gasteiger partial charge in [-0.25, -0.2) is 0 Å². The van der Waals surface area contributed by atoms with E-state index in [2.05, 4.69) is 16.8 Å². The number of aliphatic hydroxyl groups excluding tert-OH is 1. The van der Waals surface area contributed by atoms with Crippen LogP contribution < -0.4 is 14.5 Å². The van der Waals surface area contributed by atoms with E-state index < -0.39 is 17.7 Å². The molecule has 1 N–H and O–H groups in total. The average Bonchev–Trinajstić information content (AvgIpc) is 3.22. The molecular weight excluding hydrogens is 502 g/mol. The molecule has 0 spiro atoms. The third-order valence-electron chi connectivity index (χ3n) is 7.71. The van der Waals surface area contributed by atoms with Crippen LogP contribution in [-0.4, -0.2) is 61.5 Å². The summed E-state index contributed by atoms with van der Waals surface area (Å²) < 4.78 is 5.79. The molecule has 3 aromatic rings. The second-order valence-corrected chi connectivity index (χ2v) is 10.7. The summed E-state index contributed by atoms with van der Waals surface area (Å²) >= 11 is 0. The predicted molar refractivity (Wildman–Crippen MR) is 159 cm³/mol. The van der Waals surface area contributed by atoms with E-state index >= 15 is 0 Å². The molecule has 40 heavy (non-hydrogen) atoms. The Kier molecular flexibility index (Phi) is 7.94. The molecule has 0 bridgehead atoms. The van der Waals surface area contributed by atoms with Crippen LogP contribution in [0.3, 0.4) is 0 Å². The lowest BCUT2D eigenvalue weighted by Gasteiger charge is -2.34. The number of benzene rings is 3. The van der Waals surface area contributed by atoms with Crippen LogP contribution in [-0.2, 0) is 9.59 Å². The van der Waals surface area contributed by atoms with Gasteiger partial charge in [-0.3, -0.25) is 14.5 Å². The fraction of sp³-hybridized carbons (Fsp3) is 0.333. The number of likely N-dealkylation sites (N-methyl/N-ethyl adjacent to an activating group) is 1. The third-order valence-corrected chi connectivity index (χ3v) is 7.71. The number of piperazine rings is 1. The largest absolute Gasteiger partial charge is 0.507 e. The van der Waals surface area contributed by atoms with Crippen molar-refractivity contribution in [1.82, 2.24) is 4.90 Å². The molecule has 2 fully saturated rings. The number of hydrogen-bond donors (Lipinski definition) is 1. The zero-order chi connectivity index (χ0) is 28.4. The van der Waals surface area contributed by atoms with Crippen LogP contribution in [0.15, 0.2) is 72.3 Å². The van der Waals surface area contributed by atoms with Gasteiger partial charge in [0, 0.05) is 43.1 Å². The highest BCUT2D eigenvalue weighted by Crippen LogP contribution is 2.43. The number of anilines is 2. The van der Waals surface area contributed by atoms with Gasteiger partial charge in [0.1, 0.15) is 11.5 Å². The Morgan fingerprint density at radius 1 is 0.925 bits per heavy atom. The summed E-state index contributed by atoms with van der Waals surface area (Å²) in [6.07, 6.45) is 0.886. The maximum Gasteiger partial charge on any atom is 0.300 e. The molecule has 7 nitrogen and oxygen atoms in total. The van der Waals surface area contributed by atoms with E-state index in [-0.39, 0.29) is 11.3 Å². The minimum Gasteiger partial charge on any atom is -0.507 e. The molecule has 2 aliphatic rings. The molecular formula is C33H37N3O4. The summed E-state index contributed by atoms with van der Waals surface area (Å²) in [5.74, 6) is -0.808. The van der Waals surface area contributed by atoms with Crippen molar-refractivity contribution in [2.75, 3.05) is 49.6 Å². The Morgan fingerprint density at radius 3 is 2.27 bits per heavy atom. The lowest BCUT2D eigenvalue weighted by Crippen LogP contribution is -2.44. The molecule has 2 heterocycles. The van der Waals surface area contributed by atoms with Gasteiger partial charge in [0.2, 0.25) is 0 Å². The van der Waals surface area contributed by atoms with Crippen molar-refractivity contribution < 1.29 is 19.4 Å². The van der Waals surface area contributed by atoms with Crippen molar-refractivity contribution in [3.8, 4) is 5.75 Å². The van der Waals surface area contributed by atoms with E-state index in [9.17, 15) is 14.7 Å². The molecule has 5 rings (SSSR count). The maximum atomic E-state index is 13.6. The van der Waals surface area contributed by atoms with Crippen LogP contribution in [0.2, 0.25) is 0 Å². The molecule has 2 aliphatic heterocycles. The van der Waals surface area contributed by atoms with Gasteiger partial charge in [0.15, 0.2) is 0 Å². The van der Waals surface area contributed by atoms with Crippen molar-refractivity contribution >= 4 is 28.8 Å². The molecule has 0 aromatic heterocycles. The Balaban J connectivity index is 1.56. The van der Waals surface area contributed by atoms with Gasteiger partial charge in [-0.15, -0.1) is 0 Å². The first-order valence-corrected chi connectivity index (χ1v) is 13.9. The van der Waals surface area contributed by atoms with E-state index in [1.807, 2.05) is 69.3 Å². The first kappa shape index (κ1) is 27.5. The Labute approximate surface area is 236 Å². The number of ether oxygens (including phenoxy) is 1. The molecule has 1 atom stereocenters. The van der Waals surface area contributed by atoms with Gasteiger partial charge in [-0.2, -0.15) is 0 Å². The van der Waals surface area contributed by atoms with Crippen LogP contribution in [0, 0.1) is 13.8 Å². The average molecular weight is 540 g/mol. The Bertz CT molecular complexity index is 1440. The highest BCUT2D eigenvalue weighted by atomic mass is 16.5. The van der Waals surface area contributed by atoms with Crippen molar-refractivity contribution in [3.05, 3.63) is 94.6 Å². The van der Waals surface area contributed by atoms with Crippen molar-refractivity contribution in [1.29, 1.82) is 0 Å². The van der Waals surface area contributed by atoms with E-state index in [1.54, 1.807) is 18.2 Å². The number of carbonyl (C=O) groups is 2. The quantitative estimate of drug-likeness (QED) is 0.244. The van der Waals surface area contributed by atoms with Gasteiger partial charge >= 0.3 is 0 Å². The van der Waals surface area contributed by atoms with Crippen LogP contribution in [0.4, 0.5) is 11.4 Å². The zero-order valence-corrected chi connectivity index (χ0v) is 23.7. The van der Waals surface area contributed by atoms with Crippen molar-refractivity contribution in [2.45, 2.75) is 33.2 Å². The highest BCUT2D eigenvalue weighted by molar-refractivity contribution is 6.51. The maximum absolute atomic E-state index is 13.6. The number of ketones is 1. The smallest absolute Gasteiger partial charge is 0.300 e. The predicted octanol–water partition coefficient (Wildman–Crippen LogP) is 5.47. The number of amides is 1. The normalized spacial score (nSPS) is 19.4. The van der Waals surface area contributed by atoms with Gasteiger partial charge in [0.05, 0.1) is 18.2 Å². The molecule has 1 amide bonds. The fourth-order valence-corrected chi connectivity index (χ4v) is 5.47. The van der Waals surface area contributed by atoms with Crippen molar-refractivity contribution in [2.24, 2.45) is 0 Å². The van der Waals surface area contributed by atoms with Gasteiger partial charge < -0.3 is 19.6 Å². The summed E-state index contributed by atoms with van der Waals surface area (Å²) in [6, 6.07) is 20.1. The number of aliphatic hydroxyl groups is 1. The number of hydrogen-bond acceptors (Lipinski definition) is 6. The van der Waals surface area contributed by atoms with Gasteiger partial charge in [-0.1, -0.05) is 36.8 Å². The van der Waals surface area contributed by atoms with Crippen molar-refractivity contribution in [3.63, 3.8) is 0 Å². The molecule has 7 heteroatoms. The summed E-state index contributed by atoms with van der Waals surface area (Å²) in [6.45, 7) is 10.4. The van der Waals surface area contributed by atoms with Crippen LogP contribution >= 0.6 is 0 Å². The Hall–Kier alpha value is -4.10. The van der Waals surface area contributed by atoms with Gasteiger partial charge in [-0.05, 0) is 80.9 Å². The number of rotatable bonds is 7. The molecule has 3 aromatic carbocycles. The second-order valence-electron chi connectivity index (χ2n) is 10.7. The fourth-order valence-electron chi connectivity index (χ4n) is 5.47. The van der Waals surface area contributed by atoms with E-state index in [0.29, 0.717) is 17.9 Å². The highest BCUT2D eigenvalue weighted by Gasteiger charge is 2.47. The standard InChI is InChI=1S/C33H37N3O4/c1-5-19-40-28-14-9-25(21-23(28)3)31(37)29-30(24-8-6-7-22(2)20-24)36(33(39)32(29)38)27-12-10-26(11-13-27)35-17-15-34(4)16-18-35/h6-14,20-21,30,37H,5,15-19H2,1-4H3/b31-29-. The lowest BCUT2D eigenvalue weighted by atomic mass is 9.94. The summed E-state index contributed by atoms with van der Waals surface area (Å²) in [7, 11) is 2.12. The Morgan fingerprint density at radius 2 is 1.62 bits per heavy atom. The van der Waals surface area contributed by atoms with E-state index in [1.165, 1.54) is 4.90 Å². The first-order valence-electron chi connectivity index (χ1n) is 13.9. The molecule has 0 aliphatic carbocycles. The summed E-state index contributed by atoms with van der Waals surface area (Å²) in [4.78, 5) is 33.3. The molecule has 208 valence electrons. The van der Waals surface area contributed by atoms with E-state index in [4.69, 9.17) is 4.74 Å². The van der Waals surface area contributed by atoms with Crippen LogP contribution in [0.1, 0.15) is 41.6 Å². The lowest BCUT2D eigenvalue weighted by molar-refractivity contribution is -0.132. The first-order chi connectivity index (χ1) is 19.3. The minimum atomic E-state index is -0.759. The summed E-state index contributed by atoms with van der Waals surface area (Å²) in [5.41, 5.74) is 4.87. The SMILES string of the molecule is CCCOc1ccc(/C(O)=C2/C(=O)C(=O)N(c3ccc(N4CCN(C)CC4)cc3)C2c2cccc(C)c2)cc1C. The number of nitrogens with zero attached hydrogens (tertiary/aromatic N) is 3. The zero-order valence-electron chi connectivity index (χ0n) is 23.7. The molecule has 0 saturated carbocycles. The third kappa shape index (κ3) is 5.34. The molecule has 2 saturated heterocycles. The molecule has 0 radical (unpaired) electrons. The number of aryl methyl sites for hydroxylation is 2. The number of carbonyl (C=O) groups excluding carboxylic acids is 2. The van der Waals surface area contributed by atoms with E-state index in [0.717, 1.165) is 60.7 Å². The van der Waals surface area contributed by atoms with Gasteiger partial charge in [0.25, 0.3) is 11.7 Å². The summed E-state index contributed by atoms with van der Waals surface area (Å²) in [5, 5.41) is 11.5. The minimum absolute atomic E-state index is 0.0837. The number of Topliss-reactive ketones (excluding diaryl/α,β-unsaturated/α-hetero) is 1. The van der Waals surface area contributed by atoms with Crippen LogP contribution in [0.5, 0.6) is 5.75 Å². The topological polar surface area (TPSA) is 73.3 Å². The molecule has 1 unspecified atom stereocenters. The second kappa shape index (κ2) is 11.6.